The molecule has 2 heterocycles. The normalized spacial score (nSPS) is 18.8. The lowest BCUT2D eigenvalue weighted by atomic mass is 10.0. The minimum absolute atomic E-state index is 0.0648. The van der Waals surface area contributed by atoms with E-state index in [-0.39, 0.29) is 12.1 Å². The first-order valence-electron chi connectivity index (χ1n) is 9.87. The Bertz CT molecular complexity index is 1210. The van der Waals surface area contributed by atoms with Crippen molar-refractivity contribution in [3.05, 3.63) is 77.4 Å². The molecule has 33 heavy (non-hydrogen) atoms. The predicted octanol–water partition coefficient (Wildman–Crippen LogP) is 4.69. The van der Waals surface area contributed by atoms with Crippen LogP contribution in [0.15, 0.2) is 54.9 Å². The molecule has 3 aromatic rings. The van der Waals surface area contributed by atoms with Crippen LogP contribution in [0, 0.1) is 5.82 Å². The van der Waals surface area contributed by atoms with Gasteiger partial charge in [-0.1, -0.05) is 24.3 Å². The molecule has 2 unspecified atom stereocenters. The Hall–Kier alpha value is -3.73. The summed E-state index contributed by atoms with van der Waals surface area (Å²) in [6.45, 7) is 1.56. The van der Waals surface area contributed by atoms with Crippen LogP contribution in [0.25, 0.3) is 10.8 Å². The highest BCUT2D eigenvalue weighted by molar-refractivity contribution is 5.91. The van der Waals surface area contributed by atoms with E-state index in [1.807, 2.05) is 24.3 Å². The first-order valence-corrected chi connectivity index (χ1v) is 9.87. The summed E-state index contributed by atoms with van der Waals surface area (Å²) in [5.74, 6) is -1.12. The summed E-state index contributed by atoms with van der Waals surface area (Å²) >= 11 is 0. The first kappa shape index (κ1) is 22.5. The van der Waals surface area contributed by atoms with E-state index in [0.717, 1.165) is 22.4 Å². The largest absolute Gasteiger partial charge is 0.438 e. The number of carbonyl (C=O) groups is 2. The molecular weight excluding hydrogens is 444 g/mol. The second-order valence-electron chi connectivity index (χ2n) is 7.51. The number of fused-ring (bicyclic) bond motifs is 1. The van der Waals surface area contributed by atoms with E-state index in [0.29, 0.717) is 17.1 Å². The first-order chi connectivity index (χ1) is 15.6. The highest BCUT2D eigenvalue weighted by Gasteiger charge is 2.39. The summed E-state index contributed by atoms with van der Waals surface area (Å²) in [5, 5.41) is 4.92. The standard InChI is InChI=1S/C22H18F4N4O3/c1-12-19(14-6-16(22(24,25)26)8-17(23)7-14)33-21(32)30(29-12)20(31)28-11-15-10-27-9-13-4-2-3-5-18(13)15/h2-10,12,19,29H,11H2,1H3,(H,28,31). The van der Waals surface area contributed by atoms with Crippen LogP contribution in [0.2, 0.25) is 0 Å². The smallest absolute Gasteiger partial charge is 0.433 e. The Morgan fingerprint density at radius 1 is 1.21 bits per heavy atom. The number of hydrazine groups is 1. The highest BCUT2D eigenvalue weighted by Crippen LogP contribution is 2.34. The molecule has 1 aliphatic rings. The molecular formula is C22H18F4N4O3. The number of nitrogens with zero attached hydrogens (tertiary/aromatic N) is 2. The van der Waals surface area contributed by atoms with Gasteiger partial charge in [0, 0.05) is 24.3 Å². The number of carbonyl (C=O) groups excluding carboxylic acids is 2. The maximum absolute atomic E-state index is 13.8. The monoisotopic (exact) mass is 462 g/mol. The number of ether oxygens (including phenoxy) is 1. The summed E-state index contributed by atoms with van der Waals surface area (Å²) in [6, 6.07) is 7.71. The summed E-state index contributed by atoms with van der Waals surface area (Å²) in [5.41, 5.74) is 1.93. The van der Waals surface area contributed by atoms with Crippen molar-refractivity contribution in [1.82, 2.24) is 20.7 Å². The van der Waals surface area contributed by atoms with E-state index in [1.54, 1.807) is 12.4 Å². The number of benzene rings is 2. The number of imide groups is 1. The van der Waals surface area contributed by atoms with E-state index in [9.17, 15) is 27.2 Å². The summed E-state index contributed by atoms with van der Waals surface area (Å²) in [7, 11) is 0. The quantitative estimate of drug-likeness (QED) is 0.552. The van der Waals surface area contributed by atoms with Gasteiger partial charge in [0.25, 0.3) is 0 Å². The van der Waals surface area contributed by atoms with Crippen LogP contribution in [0.1, 0.15) is 29.7 Å². The summed E-state index contributed by atoms with van der Waals surface area (Å²) in [6.07, 6.45) is -3.87. The third-order valence-electron chi connectivity index (χ3n) is 5.16. The molecule has 2 atom stereocenters. The zero-order valence-electron chi connectivity index (χ0n) is 17.2. The van der Waals surface area contributed by atoms with Crippen LogP contribution >= 0.6 is 0 Å². The van der Waals surface area contributed by atoms with Crippen molar-refractivity contribution in [2.75, 3.05) is 0 Å². The highest BCUT2D eigenvalue weighted by atomic mass is 19.4. The maximum Gasteiger partial charge on any atom is 0.433 e. The molecule has 0 radical (unpaired) electrons. The average molecular weight is 462 g/mol. The third-order valence-corrected chi connectivity index (χ3v) is 5.16. The van der Waals surface area contributed by atoms with Gasteiger partial charge < -0.3 is 10.1 Å². The number of hydrogen-bond acceptors (Lipinski definition) is 5. The third kappa shape index (κ3) is 4.72. The molecule has 3 amide bonds. The number of amides is 3. The van der Waals surface area contributed by atoms with Crippen molar-refractivity contribution < 1.29 is 31.9 Å². The van der Waals surface area contributed by atoms with Gasteiger partial charge in [0.05, 0.1) is 11.6 Å². The Morgan fingerprint density at radius 2 is 1.97 bits per heavy atom. The Balaban J connectivity index is 1.46. The van der Waals surface area contributed by atoms with Crippen molar-refractivity contribution in [3.8, 4) is 0 Å². The Labute approximate surface area is 185 Å². The fraction of sp³-hybridized carbons (Fsp3) is 0.227. The molecule has 1 fully saturated rings. The van der Waals surface area contributed by atoms with E-state index in [2.05, 4.69) is 15.7 Å². The van der Waals surface area contributed by atoms with Crippen molar-refractivity contribution in [2.45, 2.75) is 31.8 Å². The van der Waals surface area contributed by atoms with Gasteiger partial charge in [-0.25, -0.2) is 19.4 Å². The fourth-order valence-corrected chi connectivity index (χ4v) is 3.60. The second kappa shape index (κ2) is 8.66. The lowest BCUT2D eigenvalue weighted by Crippen LogP contribution is -2.60. The Morgan fingerprint density at radius 3 is 2.73 bits per heavy atom. The molecule has 0 bridgehead atoms. The average Bonchev–Trinajstić information content (AvgIpc) is 2.77. The van der Waals surface area contributed by atoms with Crippen LogP contribution in [0.5, 0.6) is 0 Å². The maximum atomic E-state index is 13.8. The minimum atomic E-state index is -4.77. The molecule has 11 heteroatoms. The van der Waals surface area contributed by atoms with Crippen LogP contribution in [0.4, 0.5) is 27.2 Å². The van der Waals surface area contributed by atoms with E-state index in [4.69, 9.17) is 4.74 Å². The topological polar surface area (TPSA) is 83.6 Å². The molecule has 0 spiro atoms. The molecule has 1 aliphatic heterocycles. The molecule has 172 valence electrons. The van der Waals surface area contributed by atoms with E-state index >= 15 is 0 Å². The van der Waals surface area contributed by atoms with Gasteiger partial charge in [0.1, 0.15) is 11.9 Å². The summed E-state index contributed by atoms with van der Waals surface area (Å²) < 4.78 is 58.0. The second-order valence-corrected chi connectivity index (χ2v) is 7.51. The molecule has 7 nitrogen and oxygen atoms in total. The zero-order chi connectivity index (χ0) is 23.8. The van der Waals surface area contributed by atoms with Crippen molar-refractivity contribution >= 4 is 22.9 Å². The van der Waals surface area contributed by atoms with E-state index in [1.165, 1.54) is 6.92 Å². The number of pyridine rings is 1. The lowest BCUT2D eigenvalue weighted by molar-refractivity contribution is -0.137. The van der Waals surface area contributed by atoms with E-state index < -0.39 is 41.8 Å². The van der Waals surface area contributed by atoms with Crippen molar-refractivity contribution in [3.63, 3.8) is 0 Å². The molecule has 2 N–H and O–H groups in total. The van der Waals surface area contributed by atoms with Gasteiger partial charge in [0.15, 0.2) is 0 Å². The number of urea groups is 1. The van der Waals surface area contributed by atoms with Crippen LogP contribution < -0.4 is 10.7 Å². The van der Waals surface area contributed by atoms with Gasteiger partial charge in [0.2, 0.25) is 0 Å². The molecule has 1 aromatic heterocycles. The predicted molar refractivity (Wildman–Crippen MR) is 109 cm³/mol. The van der Waals surface area contributed by atoms with Gasteiger partial charge in [-0.15, -0.1) is 0 Å². The van der Waals surface area contributed by atoms with Gasteiger partial charge >= 0.3 is 18.3 Å². The number of cyclic esters (lactones) is 1. The molecule has 0 saturated carbocycles. The van der Waals surface area contributed by atoms with Crippen molar-refractivity contribution in [1.29, 1.82) is 0 Å². The number of aromatic nitrogens is 1. The summed E-state index contributed by atoms with van der Waals surface area (Å²) in [4.78, 5) is 29.1. The Kier molecular flexibility index (Phi) is 5.90. The number of hydrogen-bond donors (Lipinski definition) is 2. The number of nitrogens with one attached hydrogen (secondary N) is 2. The zero-order valence-corrected chi connectivity index (χ0v) is 17.2. The molecule has 2 aromatic carbocycles. The van der Waals surface area contributed by atoms with Gasteiger partial charge in [-0.3, -0.25) is 4.98 Å². The number of halogens is 4. The van der Waals surface area contributed by atoms with Gasteiger partial charge in [-0.2, -0.15) is 18.2 Å². The number of alkyl halides is 3. The fourth-order valence-electron chi connectivity index (χ4n) is 3.60. The molecule has 1 saturated heterocycles. The SMILES string of the molecule is CC1NN(C(=O)NCc2cncc3ccccc23)C(=O)OC1c1cc(F)cc(C(F)(F)F)c1. The van der Waals surface area contributed by atoms with Crippen LogP contribution in [-0.2, 0) is 17.5 Å². The van der Waals surface area contributed by atoms with Gasteiger partial charge in [-0.05, 0) is 41.6 Å². The van der Waals surface area contributed by atoms with Crippen LogP contribution in [0.3, 0.4) is 0 Å². The van der Waals surface area contributed by atoms with Crippen molar-refractivity contribution in [2.24, 2.45) is 0 Å². The molecule has 4 rings (SSSR count). The minimum Gasteiger partial charge on any atom is -0.438 e. The lowest BCUT2D eigenvalue weighted by Gasteiger charge is -2.36. The molecule has 0 aliphatic carbocycles. The number of rotatable bonds is 3. The van der Waals surface area contributed by atoms with Crippen LogP contribution in [-0.4, -0.2) is 28.2 Å².